The minimum atomic E-state index is -1.01. The molecule has 0 saturated carbocycles. The van der Waals surface area contributed by atoms with Crippen LogP contribution in [-0.2, 0) is 0 Å². The molecule has 6 N–H and O–H groups in total. The molecule has 0 unspecified atom stereocenters. The highest BCUT2D eigenvalue weighted by Crippen LogP contribution is 2.04. The van der Waals surface area contributed by atoms with Crippen LogP contribution in [0.15, 0.2) is 29.4 Å². The van der Waals surface area contributed by atoms with E-state index in [1.165, 1.54) is 12.1 Å². The number of hydrogen-bond acceptors (Lipinski definition) is 4. The Morgan fingerprint density at radius 2 is 2.07 bits per heavy atom. The topological polar surface area (TPSA) is 114 Å². The summed E-state index contributed by atoms with van der Waals surface area (Å²) >= 11 is 0. The van der Waals surface area contributed by atoms with Crippen molar-refractivity contribution in [2.24, 2.45) is 16.7 Å². The third kappa shape index (κ3) is 2.20. The number of amidine groups is 1. The number of hydrogen-bond donors (Lipinski definition) is 4. The zero-order valence-electron chi connectivity index (χ0n) is 7.27. The fraction of sp³-hybridized carbons (Fsp3) is 0. The van der Waals surface area contributed by atoms with Crippen LogP contribution in [0.4, 0.5) is 0 Å². The molecule has 0 aliphatic carbocycles. The lowest BCUT2D eigenvalue weighted by molar-refractivity contribution is 0.0697. The number of hydrazone groups is 1. The summed E-state index contributed by atoms with van der Waals surface area (Å²) in [6.45, 7) is 0. The first kappa shape index (κ1) is 10.0. The molecule has 0 atom stereocenters. The Bertz CT molecular complexity index is 375. The summed E-state index contributed by atoms with van der Waals surface area (Å²) < 4.78 is 0. The van der Waals surface area contributed by atoms with Crippen LogP contribution >= 0.6 is 0 Å². The summed E-state index contributed by atoms with van der Waals surface area (Å²) in [7, 11) is 0. The van der Waals surface area contributed by atoms with Crippen LogP contribution in [0, 0.1) is 0 Å². The van der Waals surface area contributed by atoms with Crippen LogP contribution < -0.4 is 17.1 Å². The van der Waals surface area contributed by atoms with E-state index < -0.39 is 5.97 Å². The Balaban J connectivity index is 3.05. The van der Waals surface area contributed by atoms with Gasteiger partial charge in [-0.1, -0.05) is 12.1 Å². The van der Waals surface area contributed by atoms with Gasteiger partial charge in [0.15, 0.2) is 5.84 Å². The average Bonchev–Trinajstić information content (AvgIpc) is 2.18. The van der Waals surface area contributed by atoms with Gasteiger partial charge >= 0.3 is 5.97 Å². The van der Waals surface area contributed by atoms with Gasteiger partial charge in [-0.15, -0.1) is 5.10 Å². The Kier molecular flexibility index (Phi) is 3.03. The Hall–Kier alpha value is -2.08. The first-order valence-electron chi connectivity index (χ1n) is 3.77. The van der Waals surface area contributed by atoms with Crippen molar-refractivity contribution < 1.29 is 9.90 Å². The first-order valence-corrected chi connectivity index (χ1v) is 3.77. The molecule has 0 saturated heterocycles. The second kappa shape index (κ2) is 4.24. The smallest absolute Gasteiger partial charge is 0.335 e. The van der Waals surface area contributed by atoms with E-state index in [2.05, 4.69) is 5.10 Å². The lowest BCUT2D eigenvalue weighted by Crippen LogP contribution is -2.23. The highest BCUT2D eigenvalue weighted by molar-refractivity contribution is 5.99. The van der Waals surface area contributed by atoms with Gasteiger partial charge in [0, 0.05) is 5.56 Å². The van der Waals surface area contributed by atoms with E-state index in [9.17, 15) is 4.79 Å². The fourth-order valence-corrected chi connectivity index (χ4v) is 0.946. The highest BCUT2D eigenvalue weighted by atomic mass is 16.4. The van der Waals surface area contributed by atoms with Crippen LogP contribution in [0.1, 0.15) is 15.9 Å². The van der Waals surface area contributed by atoms with Gasteiger partial charge in [-0.05, 0) is 12.1 Å². The Morgan fingerprint density at radius 1 is 1.43 bits per heavy atom. The van der Waals surface area contributed by atoms with Crippen LogP contribution in [-0.4, -0.2) is 16.9 Å². The first-order chi connectivity index (χ1) is 6.65. The maximum absolute atomic E-state index is 10.6. The minimum Gasteiger partial charge on any atom is -0.478 e. The molecule has 1 rings (SSSR count). The summed E-state index contributed by atoms with van der Waals surface area (Å²) in [6, 6.07) is 6.10. The highest BCUT2D eigenvalue weighted by Gasteiger charge is 2.04. The van der Waals surface area contributed by atoms with Crippen molar-refractivity contribution in [2.75, 3.05) is 0 Å². The number of nitrogens with one attached hydrogen (secondary N) is 1. The Labute approximate surface area is 80.2 Å². The van der Waals surface area contributed by atoms with Gasteiger partial charge in [0.05, 0.1) is 5.56 Å². The van der Waals surface area contributed by atoms with Crippen LogP contribution in [0.2, 0.25) is 0 Å². The molecule has 74 valence electrons. The molecule has 0 aliphatic rings. The number of hydrazine groups is 1. The molecule has 0 radical (unpaired) electrons. The van der Waals surface area contributed by atoms with Gasteiger partial charge in [-0.2, -0.15) is 0 Å². The van der Waals surface area contributed by atoms with Crippen molar-refractivity contribution in [1.82, 2.24) is 5.53 Å². The number of carboxylic acid groups (broad SMARTS) is 1. The van der Waals surface area contributed by atoms with Crippen molar-refractivity contribution in [1.29, 1.82) is 0 Å². The lowest BCUT2D eigenvalue weighted by atomic mass is 10.1. The van der Waals surface area contributed by atoms with Gasteiger partial charge in [0.2, 0.25) is 0 Å². The third-order valence-electron chi connectivity index (χ3n) is 1.59. The van der Waals surface area contributed by atoms with Crippen molar-refractivity contribution in [2.45, 2.75) is 0 Å². The molecule has 0 fully saturated rings. The zero-order chi connectivity index (χ0) is 10.6. The Morgan fingerprint density at radius 3 is 2.64 bits per heavy atom. The van der Waals surface area contributed by atoms with Crippen molar-refractivity contribution in [3.8, 4) is 0 Å². The van der Waals surface area contributed by atoms with E-state index in [0.717, 1.165) is 0 Å². The maximum atomic E-state index is 10.6. The molecule has 6 nitrogen and oxygen atoms in total. The normalized spacial score (nSPS) is 11.1. The van der Waals surface area contributed by atoms with Crippen LogP contribution in [0.25, 0.3) is 0 Å². The summed E-state index contributed by atoms with van der Waals surface area (Å²) in [5.41, 5.74) is 8.17. The second-order valence-electron chi connectivity index (χ2n) is 2.51. The molecule has 0 aromatic heterocycles. The molecule has 1 aromatic carbocycles. The molecule has 1 aromatic rings. The predicted octanol–water partition coefficient (Wildman–Crippen LogP) is -0.532. The maximum Gasteiger partial charge on any atom is 0.335 e. The number of nitrogens with two attached hydrogens (primary N) is 2. The van der Waals surface area contributed by atoms with Crippen molar-refractivity contribution >= 4 is 11.8 Å². The van der Waals surface area contributed by atoms with E-state index in [4.69, 9.17) is 16.7 Å². The number of rotatable bonds is 3. The summed E-state index contributed by atoms with van der Waals surface area (Å²) in [6.07, 6.45) is 0. The molecule has 0 amide bonds. The second-order valence-corrected chi connectivity index (χ2v) is 2.51. The largest absolute Gasteiger partial charge is 0.478 e. The molecular weight excluding hydrogens is 184 g/mol. The van der Waals surface area contributed by atoms with Gasteiger partial charge in [-0.3, -0.25) is 0 Å². The zero-order valence-corrected chi connectivity index (χ0v) is 7.27. The van der Waals surface area contributed by atoms with Crippen LogP contribution in [0.5, 0.6) is 0 Å². The number of carboxylic acids is 1. The van der Waals surface area contributed by atoms with E-state index >= 15 is 0 Å². The van der Waals surface area contributed by atoms with Crippen molar-refractivity contribution in [3.05, 3.63) is 35.4 Å². The number of carbonyl (C=O) groups is 1. The van der Waals surface area contributed by atoms with Gasteiger partial charge in [0.1, 0.15) is 0 Å². The molecular formula is C8H10N4O2. The monoisotopic (exact) mass is 194 g/mol. The van der Waals surface area contributed by atoms with Crippen LogP contribution in [0.3, 0.4) is 0 Å². The number of benzene rings is 1. The van der Waals surface area contributed by atoms with E-state index in [0.29, 0.717) is 5.56 Å². The number of aromatic carboxylic acids is 1. The van der Waals surface area contributed by atoms with E-state index in [1.54, 1.807) is 12.1 Å². The molecule has 0 aliphatic heterocycles. The SMILES string of the molecule is NN/N=C(\N)c1cccc(C(=O)O)c1. The standard InChI is InChI=1S/C8H10N4O2/c9-7(11-12-10)5-2-1-3-6(4-5)8(13)14/h1-4,12H,10H2,(H2,9,11)(H,13,14). The summed E-state index contributed by atoms with van der Waals surface area (Å²) in [5, 5.41) is 12.2. The van der Waals surface area contributed by atoms with Gasteiger partial charge in [0.25, 0.3) is 0 Å². The van der Waals surface area contributed by atoms with Gasteiger partial charge in [-0.25, -0.2) is 16.2 Å². The lowest BCUT2D eigenvalue weighted by Gasteiger charge is -2.01. The molecule has 0 bridgehead atoms. The quantitative estimate of drug-likeness (QED) is 0.223. The fourth-order valence-electron chi connectivity index (χ4n) is 0.946. The summed E-state index contributed by atoms with van der Waals surface area (Å²) in [5.74, 6) is 4.05. The molecule has 6 heteroatoms. The van der Waals surface area contributed by atoms with Gasteiger partial charge < -0.3 is 10.8 Å². The van der Waals surface area contributed by atoms with E-state index in [1.807, 2.05) is 5.53 Å². The molecule has 0 spiro atoms. The average molecular weight is 194 g/mol. The summed E-state index contributed by atoms with van der Waals surface area (Å²) in [4.78, 5) is 10.6. The molecule has 0 heterocycles. The predicted molar refractivity (Wildman–Crippen MR) is 51.4 cm³/mol. The van der Waals surface area contributed by atoms with E-state index in [-0.39, 0.29) is 11.4 Å². The minimum absolute atomic E-state index is 0.135. The molecule has 14 heavy (non-hydrogen) atoms. The van der Waals surface area contributed by atoms with Crippen molar-refractivity contribution in [3.63, 3.8) is 0 Å². The third-order valence-corrected chi connectivity index (χ3v) is 1.59. The number of nitrogens with zero attached hydrogens (tertiary/aromatic N) is 1.